The van der Waals surface area contributed by atoms with Gasteiger partial charge in [-0.05, 0) is 69.7 Å². The van der Waals surface area contributed by atoms with Crippen LogP contribution in [0.25, 0.3) is 0 Å². The van der Waals surface area contributed by atoms with Gasteiger partial charge in [-0.25, -0.2) is 8.42 Å². The molecular weight excluding hydrogens is 662 g/mol. The molecular formula is C30H31Cl3F3N3O4S. The maximum absolute atomic E-state index is 14.0. The van der Waals surface area contributed by atoms with Gasteiger partial charge >= 0.3 is 6.18 Å². The van der Waals surface area contributed by atoms with Gasteiger partial charge in [-0.3, -0.25) is 13.9 Å². The number of aryl methyl sites for hydroxylation is 1. The first kappa shape index (κ1) is 35.5. The number of benzene rings is 3. The zero-order chi connectivity index (χ0) is 33.0. The molecule has 0 aliphatic rings. The van der Waals surface area contributed by atoms with Crippen LogP contribution in [0.1, 0.15) is 43.9 Å². The number of anilines is 1. The van der Waals surface area contributed by atoms with E-state index in [0.717, 1.165) is 22.6 Å². The lowest BCUT2D eigenvalue weighted by Gasteiger charge is -2.33. The topological polar surface area (TPSA) is 86.8 Å². The fraction of sp³-hybridized carbons (Fsp3) is 0.333. The smallest absolute Gasteiger partial charge is 0.352 e. The average Bonchev–Trinajstić information content (AvgIpc) is 2.95. The van der Waals surface area contributed by atoms with Crippen LogP contribution in [0.2, 0.25) is 15.1 Å². The third-order valence-corrected chi connectivity index (χ3v) is 9.82. The van der Waals surface area contributed by atoms with Crippen molar-refractivity contribution in [1.29, 1.82) is 0 Å². The second-order valence-electron chi connectivity index (χ2n) is 10.2. The van der Waals surface area contributed by atoms with Crippen molar-refractivity contribution in [3.05, 3.63) is 92.4 Å². The summed E-state index contributed by atoms with van der Waals surface area (Å²) in [7, 11) is -4.61. The number of nitrogens with zero attached hydrogens (tertiary/aromatic N) is 2. The van der Waals surface area contributed by atoms with Crippen LogP contribution in [-0.2, 0) is 32.3 Å². The molecule has 0 saturated heterocycles. The molecule has 2 amide bonds. The lowest BCUT2D eigenvalue weighted by atomic mass is 10.1. The maximum Gasteiger partial charge on any atom is 0.417 e. The van der Waals surface area contributed by atoms with Gasteiger partial charge in [0.2, 0.25) is 11.8 Å². The van der Waals surface area contributed by atoms with E-state index in [1.165, 1.54) is 43.3 Å². The monoisotopic (exact) mass is 691 g/mol. The van der Waals surface area contributed by atoms with Crippen molar-refractivity contribution in [2.75, 3.05) is 10.8 Å². The molecule has 1 N–H and O–H groups in total. The van der Waals surface area contributed by atoms with Crippen LogP contribution in [0.4, 0.5) is 18.9 Å². The second-order valence-corrected chi connectivity index (χ2v) is 13.3. The van der Waals surface area contributed by atoms with Crippen LogP contribution in [0.15, 0.2) is 65.6 Å². The Balaban J connectivity index is 2.16. The van der Waals surface area contributed by atoms with Gasteiger partial charge in [-0.1, -0.05) is 65.5 Å². The number of alkyl halides is 3. The molecule has 0 saturated carbocycles. The molecule has 7 nitrogen and oxygen atoms in total. The number of sulfonamides is 1. The van der Waals surface area contributed by atoms with Crippen molar-refractivity contribution in [1.82, 2.24) is 10.2 Å². The average molecular weight is 693 g/mol. The van der Waals surface area contributed by atoms with E-state index in [1.807, 2.05) is 6.92 Å². The first-order valence-corrected chi connectivity index (χ1v) is 16.0. The number of amides is 2. The van der Waals surface area contributed by atoms with E-state index >= 15 is 0 Å². The molecule has 14 heteroatoms. The first-order valence-electron chi connectivity index (χ1n) is 13.5. The highest BCUT2D eigenvalue weighted by Gasteiger charge is 2.37. The first-order chi connectivity index (χ1) is 20.5. The van der Waals surface area contributed by atoms with E-state index in [0.29, 0.717) is 22.4 Å². The molecule has 44 heavy (non-hydrogen) atoms. The van der Waals surface area contributed by atoms with Crippen LogP contribution in [0.5, 0.6) is 0 Å². The Bertz CT molecular complexity index is 1600. The van der Waals surface area contributed by atoms with Crippen LogP contribution >= 0.6 is 34.8 Å². The van der Waals surface area contributed by atoms with E-state index in [1.54, 1.807) is 19.9 Å². The minimum Gasteiger partial charge on any atom is -0.352 e. The van der Waals surface area contributed by atoms with Gasteiger partial charge in [0.15, 0.2) is 0 Å². The largest absolute Gasteiger partial charge is 0.417 e. The van der Waals surface area contributed by atoms with Gasteiger partial charge in [0.25, 0.3) is 10.0 Å². The molecule has 0 aliphatic heterocycles. The van der Waals surface area contributed by atoms with Gasteiger partial charge < -0.3 is 10.2 Å². The maximum atomic E-state index is 14.0. The summed E-state index contributed by atoms with van der Waals surface area (Å²) in [6.07, 6.45) is -4.31. The Hall–Kier alpha value is -2.99. The SMILES string of the molecule is CC[C@@H](C)NC(=O)[C@@H](C)N(Cc1c(Cl)cccc1Cl)C(=O)CN(c1ccc(Cl)c(C(F)(F)F)c1)S(=O)(=O)c1ccc(C)cc1. The molecule has 0 aliphatic carbocycles. The summed E-state index contributed by atoms with van der Waals surface area (Å²) in [4.78, 5) is 28.0. The number of nitrogens with one attached hydrogen (secondary N) is 1. The minimum atomic E-state index is -4.91. The zero-order valence-electron chi connectivity index (χ0n) is 24.3. The fourth-order valence-electron chi connectivity index (χ4n) is 4.15. The Morgan fingerprint density at radius 2 is 1.52 bits per heavy atom. The summed E-state index contributed by atoms with van der Waals surface area (Å²) in [5, 5.41) is 2.53. The van der Waals surface area contributed by atoms with E-state index in [-0.39, 0.29) is 27.5 Å². The molecule has 0 radical (unpaired) electrons. The van der Waals surface area contributed by atoms with Gasteiger partial charge in [0.05, 0.1) is 21.2 Å². The van der Waals surface area contributed by atoms with Crippen molar-refractivity contribution in [3.63, 3.8) is 0 Å². The zero-order valence-corrected chi connectivity index (χ0v) is 27.3. The normalized spacial score (nSPS) is 13.2. The highest BCUT2D eigenvalue weighted by Crippen LogP contribution is 2.38. The number of carbonyl (C=O) groups is 2. The fourth-order valence-corrected chi connectivity index (χ4v) is 6.30. The molecule has 0 bridgehead atoms. The summed E-state index contributed by atoms with van der Waals surface area (Å²) in [6, 6.07) is 11.4. The lowest BCUT2D eigenvalue weighted by molar-refractivity contribution is -0.139. The van der Waals surface area contributed by atoms with Gasteiger partial charge in [0.1, 0.15) is 12.6 Å². The number of hydrogen-bond acceptors (Lipinski definition) is 4. The molecule has 3 aromatic carbocycles. The number of hydrogen-bond donors (Lipinski definition) is 1. The Kier molecular flexibility index (Phi) is 11.6. The van der Waals surface area contributed by atoms with Crippen molar-refractivity contribution in [2.24, 2.45) is 0 Å². The number of halogens is 6. The molecule has 0 heterocycles. The molecule has 3 aromatic rings. The van der Waals surface area contributed by atoms with Crippen molar-refractivity contribution in [2.45, 2.75) is 63.8 Å². The highest BCUT2D eigenvalue weighted by molar-refractivity contribution is 7.92. The molecule has 0 spiro atoms. The predicted molar refractivity (Wildman–Crippen MR) is 167 cm³/mol. The van der Waals surface area contributed by atoms with E-state index in [9.17, 15) is 31.2 Å². The van der Waals surface area contributed by atoms with Crippen LogP contribution in [-0.4, -0.2) is 43.8 Å². The number of rotatable bonds is 11. The summed E-state index contributed by atoms with van der Waals surface area (Å²) in [5.74, 6) is -1.43. The third-order valence-electron chi connectivity index (χ3n) is 6.99. The van der Waals surface area contributed by atoms with Gasteiger partial charge in [-0.15, -0.1) is 0 Å². The second kappa shape index (κ2) is 14.4. The quantitative estimate of drug-likeness (QED) is 0.226. The lowest BCUT2D eigenvalue weighted by Crippen LogP contribution is -2.52. The summed E-state index contributed by atoms with van der Waals surface area (Å²) in [5.41, 5.74) is -0.704. The molecule has 2 atom stereocenters. The third kappa shape index (κ3) is 8.38. The van der Waals surface area contributed by atoms with Crippen molar-refractivity contribution in [3.8, 4) is 0 Å². The molecule has 0 fully saturated rings. The standard InChI is InChI=1S/C30H31Cl3F3N3O4S/c1-5-19(3)37-29(41)20(4)38(16-23-25(31)7-6-8-26(23)32)28(40)17-39(44(42,43)22-12-9-18(2)10-13-22)21-11-14-27(33)24(15-21)30(34,35)36/h6-15,19-20H,5,16-17H2,1-4H3,(H,37,41)/t19-,20-/m1/s1. The van der Waals surface area contributed by atoms with Crippen LogP contribution in [0.3, 0.4) is 0 Å². The summed E-state index contributed by atoms with van der Waals surface area (Å²) >= 11 is 18.5. The molecule has 0 unspecified atom stereocenters. The van der Waals surface area contributed by atoms with Gasteiger partial charge in [0, 0.05) is 28.2 Å². The van der Waals surface area contributed by atoms with E-state index in [2.05, 4.69) is 5.32 Å². The van der Waals surface area contributed by atoms with Crippen molar-refractivity contribution >= 4 is 62.3 Å². The summed E-state index contributed by atoms with van der Waals surface area (Å²) in [6.45, 7) is 5.56. The minimum absolute atomic E-state index is 0.196. The van der Waals surface area contributed by atoms with Crippen LogP contribution in [0, 0.1) is 6.92 Å². The van der Waals surface area contributed by atoms with Crippen molar-refractivity contribution < 1.29 is 31.2 Å². The Morgan fingerprint density at radius 3 is 2.07 bits per heavy atom. The summed E-state index contributed by atoms with van der Waals surface area (Å²) < 4.78 is 69.8. The highest BCUT2D eigenvalue weighted by atomic mass is 35.5. The predicted octanol–water partition coefficient (Wildman–Crippen LogP) is 7.50. The van der Waals surface area contributed by atoms with Crippen LogP contribution < -0.4 is 9.62 Å². The van der Waals surface area contributed by atoms with E-state index in [4.69, 9.17) is 34.8 Å². The molecule has 238 valence electrons. The van der Waals surface area contributed by atoms with Gasteiger partial charge in [-0.2, -0.15) is 13.2 Å². The molecule has 0 aromatic heterocycles. The van der Waals surface area contributed by atoms with E-state index < -0.39 is 56.9 Å². The Labute approximate surface area is 269 Å². The number of carbonyl (C=O) groups excluding carboxylic acids is 2. The molecule has 3 rings (SSSR count). The Morgan fingerprint density at radius 1 is 0.932 bits per heavy atom.